The van der Waals surface area contributed by atoms with E-state index in [9.17, 15) is 4.79 Å². The van der Waals surface area contributed by atoms with Gasteiger partial charge in [-0.3, -0.25) is 4.79 Å². The quantitative estimate of drug-likeness (QED) is 0.762. The third-order valence-electron chi connectivity index (χ3n) is 2.44. The number of hydrogen-bond donors (Lipinski definition) is 1. The number of hydrogen-bond acceptors (Lipinski definition) is 4. The third kappa shape index (κ3) is 1.72. The number of nitrogen functional groups attached to an aromatic ring is 1. The molecule has 1 aliphatic heterocycles. The largest absolute Gasteiger partial charge is 0.389 e. The Morgan fingerprint density at radius 1 is 1.43 bits per heavy atom. The van der Waals surface area contributed by atoms with Gasteiger partial charge in [-0.1, -0.05) is 0 Å². The Kier molecular flexibility index (Phi) is 2.67. The molecule has 1 fully saturated rings. The van der Waals surface area contributed by atoms with Crippen LogP contribution in [0.15, 0.2) is 5.51 Å². The summed E-state index contributed by atoms with van der Waals surface area (Å²) in [7, 11) is 0. The molecule has 1 amide bonds. The number of carbonyl (C=O) groups is 1. The maximum atomic E-state index is 11.9. The number of aromatic nitrogens is 1. The lowest BCUT2D eigenvalue weighted by Gasteiger charge is -2.25. The van der Waals surface area contributed by atoms with Crippen molar-refractivity contribution in [1.29, 1.82) is 0 Å². The number of likely N-dealkylation sites (tertiary alicyclic amines) is 1. The molecule has 0 bridgehead atoms. The van der Waals surface area contributed by atoms with E-state index in [2.05, 4.69) is 4.98 Å². The first-order valence-electron chi connectivity index (χ1n) is 4.77. The van der Waals surface area contributed by atoms with Gasteiger partial charge in [0.15, 0.2) is 5.69 Å². The van der Waals surface area contributed by atoms with Crippen LogP contribution in [0, 0.1) is 0 Å². The summed E-state index contributed by atoms with van der Waals surface area (Å²) < 4.78 is 0. The van der Waals surface area contributed by atoms with Crippen LogP contribution in [0.2, 0.25) is 0 Å². The Hall–Kier alpha value is -1.10. The number of nitrogens with two attached hydrogens (primary N) is 1. The Labute approximate surface area is 86.7 Å². The summed E-state index contributed by atoms with van der Waals surface area (Å²) in [4.78, 5) is 17.7. The summed E-state index contributed by atoms with van der Waals surface area (Å²) in [5, 5.41) is 0.528. The molecule has 0 unspecified atom stereocenters. The zero-order valence-electron chi connectivity index (χ0n) is 7.90. The van der Waals surface area contributed by atoms with Gasteiger partial charge in [0, 0.05) is 13.1 Å². The van der Waals surface area contributed by atoms with Gasteiger partial charge in [-0.2, -0.15) is 0 Å². The van der Waals surface area contributed by atoms with Gasteiger partial charge in [-0.25, -0.2) is 4.98 Å². The van der Waals surface area contributed by atoms with E-state index in [1.165, 1.54) is 17.8 Å². The lowest BCUT2D eigenvalue weighted by molar-refractivity contribution is 0.0720. The molecule has 0 radical (unpaired) electrons. The zero-order valence-corrected chi connectivity index (χ0v) is 8.72. The highest BCUT2D eigenvalue weighted by Gasteiger charge is 2.21. The fourth-order valence-corrected chi connectivity index (χ4v) is 2.19. The molecule has 0 atom stereocenters. The Balaban J connectivity index is 2.11. The summed E-state index contributed by atoms with van der Waals surface area (Å²) in [6.07, 6.45) is 3.40. The number of piperidine rings is 1. The van der Waals surface area contributed by atoms with Gasteiger partial charge in [0.05, 0.1) is 5.51 Å². The normalized spacial score (nSPS) is 17.0. The average molecular weight is 211 g/mol. The fourth-order valence-electron chi connectivity index (χ4n) is 1.66. The van der Waals surface area contributed by atoms with Crippen molar-refractivity contribution in [3.8, 4) is 0 Å². The smallest absolute Gasteiger partial charge is 0.275 e. The van der Waals surface area contributed by atoms with Crippen LogP contribution in [0.5, 0.6) is 0 Å². The minimum atomic E-state index is -0.0107. The van der Waals surface area contributed by atoms with Crippen LogP contribution >= 0.6 is 11.3 Å². The van der Waals surface area contributed by atoms with Crippen LogP contribution in [-0.4, -0.2) is 28.9 Å². The summed E-state index contributed by atoms with van der Waals surface area (Å²) in [5.74, 6) is -0.0107. The topological polar surface area (TPSA) is 59.2 Å². The molecule has 0 aliphatic carbocycles. The molecule has 1 aliphatic rings. The van der Waals surface area contributed by atoms with Crippen molar-refractivity contribution in [2.24, 2.45) is 0 Å². The molecule has 5 heteroatoms. The van der Waals surface area contributed by atoms with Crippen LogP contribution < -0.4 is 5.73 Å². The summed E-state index contributed by atoms with van der Waals surface area (Å²) in [6.45, 7) is 1.69. The van der Waals surface area contributed by atoms with E-state index in [-0.39, 0.29) is 5.91 Å². The molecule has 1 aromatic heterocycles. The molecule has 4 nitrogen and oxygen atoms in total. The maximum Gasteiger partial charge on any atom is 0.275 e. The van der Waals surface area contributed by atoms with Crippen molar-refractivity contribution >= 4 is 22.2 Å². The molecule has 14 heavy (non-hydrogen) atoms. The average Bonchev–Trinajstić information content (AvgIpc) is 2.65. The molecular formula is C9H13N3OS. The first-order chi connectivity index (χ1) is 6.79. The van der Waals surface area contributed by atoms with E-state index >= 15 is 0 Å². The van der Waals surface area contributed by atoms with Crippen LogP contribution in [0.1, 0.15) is 29.8 Å². The van der Waals surface area contributed by atoms with Crippen molar-refractivity contribution in [2.75, 3.05) is 18.8 Å². The number of nitrogens with zero attached hydrogens (tertiary/aromatic N) is 2. The molecule has 2 rings (SSSR count). The van der Waals surface area contributed by atoms with Crippen LogP contribution in [0.3, 0.4) is 0 Å². The fraction of sp³-hybridized carbons (Fsp3) is 0.556. The van der Waals surface area contributed by atoms with Crippen LogP contribution in [0.25, 0.3) is 0 Å². The number of carbonyl (C=O) groups excluding carboxylic acids is 1. The Bertz CT molecular complexity index is 331. The standard InChI is InChI=1S/C9H13N3OS/c10-8-7(11-6-14-8)9(13)12-4-2-1-3-5-12/h6H,1-5,10H2. The Morgan fingerprint density at radius 3 is 2.71 bits per heavy atom. The maximum absolute atomic E-state index is 11.9. The minimum absolute atomic E-state index is 0.0107. The van der Waals surface area contributed by atoms with Crippen molar-refractivity contribution in [1.82, 2.24) is 9.88 Å². The predicted molar refractivity (Wildman–Crippen MR) is 56.3 cm³/mol. The van der Waals surface area contributed by atoms with E-state index in [1.54, 1.807) is 5.51 Å². The van der Waals surface area contributed by atoms with Gasteiger partial charge >= 0.3 is 0 Å². The van der Waals surface area contributed by atoms with Crippen molar-refractivity contribution < 1.29 is 4.79 Å². The van der Waals surface area contributed by atoms with E-state index < -0.39 is 0 Å². The highest BCUT2D eigenvalue weighted by atomic mass is 32.1. The molecular weight excluding hydrogens is 198 g/mol. The highest BCUT2D eigenvalue weighted by Crippen LogP contribution is 2.19. The predicted octanol–water partition coefficient (Wildman–Crippen LogP) is 1.35. The van der Waals surface area contributed by atoms with E-state index in [0.717, 1.165) is 25.9 Å². The molecule has 0 saturated carbocycles. The molecule has 2 heterocycles. The lowest BCUT2D eigenvalue weighted by atomic mass is 10.1. The number of amides is 1. The molecule has 0 aromatic carbocycles. The monoisotopic (exact) mass is 211 g/mol. The van der Waals surface area contributed by atoms with Gasteiger partial charge in [0.1, 0.15) is 5.00 Å². The minimum Gasteiger partial charge on any atom is -0.389 e. The second kappa shape index (κ2) is 3.96. The molecule has 2 N–H and O–H groups in total. The van der Waals surface area contributed by atoms with E-state index in [4.69, 9.17) is 5.73 Å². The van der Waals surface area contributed by atoms with Crippen LogP contribution in [-0.2, 0) is 0 Å². The summed E-state index contributed by atoms with van der Waals surface area (Å²) in [5.41, 5.74) is 7.70. The lowest BCUT2D eigenvalue weighted by Crippen LogP contribution is -2.36. The zero-order chi connectivity index (χ0) is 9.97. The second-order valence-corrected chi connectivity index (χ2v) is 4.30. The molecule has 1 saturated heterocycles. The van der Waals surface area contributed by atoms with Crippen molar-refractivity contribution in [3.05, 3.63) is 11.2 Å². The Morgan fingerprint density at radius 2 is 2.14 bits per heavy atom. The van der Waals surface area contributed by atoms with Gasteiger partial charge in [0.25, 0.3) is 5.91 Å². The van der Waals surface area contributed by atoms with E-state index in [1.807, 2.05) is 4.90 Å². The highest BCUT2D eigenvalue weighted by molar-refractivity contribution is 7.14. The molecule has 1 aromatic rings. The van der Waals surface area contributed by atoms with Gasteiger partial charge in [0.2, 0.25) is 0 Å². The summed E-state index contributed by atoms with van der Waals surface area (Å²) >= 11 is 1.32. The van der Waals surface area contributed by atoms with Gasteiger partial charge < -0.3 is 10.6 Å². The van der Waals surface area contributed by atoms with E-state index in [0.29, 0.717) is 10.7 Å². The first kappa shape index (κ1) is 9.45. The molecule has 0 spiro atoms. The number of rotatable bonds is 1. The summed E-state index contributed by atoms with van der Waals surface area (Å²) in [6, 6.07) is 0. The molecule has 76 valence electrons. The van der Waals surface area contributed by atoms with Gasteiger partial charge in [-0.15, -0.1) is 11.3 Å². The SMILES string of the molecule is Nc1scnc1C(=O)N1CCCCC1. The van der Waals surface area contributed by atoms with Crippen LogP contribution in [0.4, 0.5) is 5.00 Å². The second-order valence-electron chi connectivity index (χ2n) is 3.42. The van der Waals surface area contributed by atoms with Crippen molar-refractivity contribution in [3.63, 3.8) is 0 Å². The van der Waals surface area contributed by atoms with Gasteiger partial charge in [-0.05, 0) is 19.3 Å². The van der Waals surface area contributed by atoms with Crippen molar-refractivity contribution in [2.45, 2.75) is 19.3 Å². The first-order valence-corrected chi connectivity index (χ1v) is 5.65. The number of thiazole rings is 1. The number of anilines is 1. The third-order valence-corrected chi connectivity index (χ3v) is 3.10.